The topological polar surface area (TPSA) is 9.23 Å². The highest BCUT2D eigenvalue weighted by atomic mass is 79.9. The molecule has 0 fully saturated rings. The van der Waals surface area contributed by atoms with Crippen molar-refractivity contribution in [1.82, 2.24) is 0 Å². The summed E-state index contributed by atoms with van der Waals surface area (Å²) in [5.74, 6) is 0.561. The molecule has 0 saturated carbocycles. The first kappa shape index (κ1) is 13.2. The number of hydrogen-bond acceptors (Lipinski definition) is 1. The van der Waals surface area contributed by atoms with Gasteiger partial charge in [-0.3, -0.25) is 0 Å². The fourth-order valence-corrected chi connectivity index (χ4v) is 2.75. The van der Waals surface area contributed by atoms with Crippen LogP contribution in [-0.2, 0) is 4.74 Å². The molecule has 0 heterocycles. The molecule has 0 saturated heterocycles. The van der Waals surface area contributed by atoms with Crippen LogP contribution in [0.25, 0.3) is 0 Å². The Labute approximate surface area is 103 Å². The Bertz CT molecular complexity index is 253. The molecule has 0 amide bonds. The predicted octanol–water partition coefficient (Wildman–Crippen LogP) is 4.20. The van der Waals surface area contributed by atoms with Gasteiger partial charge in [-0.1, -0.05) is 53.8 Å². The van der Waals surface area contributed by atoms with E-state index in [0.717, 1.165) is 19.6 Å². The monoisotopic (exact) mass is 288 g/mol. The van der Waals surface area contributed by atoms with Gasteiger partial charge in [0.15, 0.2) is 0 Å². The largest absolute Gasteiger partial charge is 0.381 e. The van der Waals surface area contributed by atoms with Gasteiger partial charge in [-0.15, -0.1) is 0 Å². The van der Waals surface area contributed by atoms with Gasteiger partial charge in [0.05, 0.1) is 6.61 Å². The quantitative estimate of drug-likeness (QED) is 0.544. The summed E-state index contributed by atoms with van der Waals surface area (Å²) in [5, 5.41) is 0. The van der Waals surface area contributed by atoms with E-state index in [1.165, 1.54) is 10.5 Å². The Morgan fingerprint density at radius 2 is 2.20 bits per heavy atom. The molecule has 1 atom stereocenters. The van der Waals surface area contributed by atoms with E-state index < -0.39 is 8.07 Å². The number of allylic oxidation sites excluding steroid dienone is 3. The number of ether oxygens (including phenoxy) is 1. The molecule has 86 valence electrons. The average Bonchev–Trinajstić information content (AvgIpc) is 2.11. The van der Waals surface area contributed by atoms with Crippen molar-refractivity contribution in [3.8, 4) is 0 Å². The van der Waals surface area contributed by atoms with E-state index in [0.29, 0.717) is 5.92 Å². The molecule has 1 nitrogen and oxygen atoms in total. The highest BCUT2D eigenvalue weighted by Gasteiger charge is 2.13. The summed E-state index contributed by atoms with van der Waals surface area (Å²) in [6.07, 6.45) is 7.67. The second kappa shape index (κ2) is 6.02. The van der Waals surface area contributed by atoms with Crippen molar-refractivity contribution in [3.05, 3.63) is 22.7 Å². The highest BCUT2D eigenvalue weighted by molar-refractivity contribution is 9.11. The van der Waals surface area contributed by atoms with E-state index in [1.54, 1.807) is 0 Å². The van der Waals surface area contributed by atoms with Crippen LogP contribution in [0.15, 0.2) is 22.7 Å². The van der Waals surface area contributed by atoms with Gasteiger partial charge in [0.2, 0.25) is 0 Å². The van der Waals surface area contributed by atoms with E-state index in [-0.39, 0.29) is 0 Å². The smallest absolute Gasteiger partial charge is 0.0532 e. The van der Waals surface area contributed by atoms with Crippen LogP contribution in [-0.4, -0.2) is 21.3 Å². The minimum Gasteiger partial charge on any atom is -0.381 e. The summed E-state index contributed by atoms with van der Waals surface area (Å²) >= 11 is 3.50. The van der Waals surface area contributed by atoms with E-state index >= 15 is 0 Å². The van der Waals surface area contributed by atoms with Gasteiger partial charge in [0.25, 0.3) is 0 Å². The van der Waals surface area contributed by atoms with Gasteiger partial charge in [0.1, 0.15) is 0 Å². The molecule has 0 bridgehead atoms. The van der Waals surface area contributed by atoms with E-state index in [2.05, 4.69) is 53.8 Å². The van der Waals surface area contributed by atoms with Crippen LogP contribution >= 0.6 is 15.9 Å². The van der Waals surface area contributed by atoms with Gasteiger partial charge < -0.3 is 4.74 Å². The minimum atomic E-state index is -0.921. The second-order valence-corrected chi connectivity index (χ2v) is 11.9. The molecule has 3 heteroatoms. The second-order valence-electron chi connectivity index (χ2n) is 5.34. The molecule has 1 aliphatic rings. The first-order valence-corrected chi connectivity index (χ1v) is 10.1. The summed E-state index contributed by atoms with van der Waals surface area (Å²) in [6.45, 7) is 8.95. The zero-order valence-corrected chi connectivity index (χ0v) is 12.5. The van der Waals surface area contributed by atoms with Crippen LogP contribution in [0.4, 0.5) is 0 Å². The van der Waals surface area contributed by atoms with Crippen LogP contribution in [0.5, 0.6) is 0 Å². The fraction of sp³-hybridized carbons (Fsp3) is 0.667. The normalized spacial score (nSPS) is 21.6. The first-order valence-electron chi connectivity index (χ1n) is 5.59. The summed E-state index contributed by atoms with van der Waals surface area (Å²) < 4.78 is 6.92. The van der Waals surface area contributed by atoms with Crippen LogP contribution in [0.3, 0.4) is 0 Å². The Balaban J connectivity index is 2.14. The molecule has 1 unspecified atom stereocenters. The average molecular weight is 289 g/mol. The summed E-state index contributed by atoms with van der Waals surface area (Å²) in [7, 11) is -0.921. The SMILES string of the molecule is C[Si](C)(C)CCOCC1C=C(Br)C=CC1. The van der Waals surface area contributed by atoms with E-state index in [1.807, 2.05) is 0 Å². The lowest BCUT2D eigenvalue weighted by atomic mass is 10.0. The van der Waals surface area contributed by atoms with Crippen molar-refractivity contribution in [2.24, 2.45) is 5.92 Å². The molecule has 1 aliphatic carbocycles. The van der Waals surface area contributed by atoms with Gasteiger partial charge in [-0.25, -0.2) is 0 Å². The molecule has 0 radical (unpaired) electrons. The standard InChI is InChI=1S/C12H21BrOSi/c1-15(2,3)8-7-14-10-11-5-4-6-12(13)9-11/h4,6,9,11H,5,7-8,10H2,1-3H3. The Morgan fingerprint density at radius 3 is 2.80 bits per heavy atom. The first-order chi connectivity index (χ1) is 6.97. The summed E-state index contributed by atoms with van der Waals surface area (Å²) in [4.78, 5) is 0. The number of rotatable bonds is 5. The summed E-state index contributed by atoms with van der Waals surface area (Å²) in [6, 6.07) is 1.26. The maximum atomic E-state index is 5.73. The molecule has 1 rings (SSSR count). The van der Waals surface area contributed by atoms with Gasteiger partial charge in [-0.05, 0) is 12.5 Å². The Morgan fingerprint density at radius 1 is 1.47 bits per heavy atom. The third-order valence-electron chi connectivity index (χ3n) is 2.44. The lowest BCUT2D eigenvalue weighted by Crippen LogP contribution is -2.22. The molecule has 15 heavy (non-hydrogen) atoms. The fourth-order valence-electron chi connectivity index (χ4n) is 1.43. The Hall–Kier alpha value is 0.137. The lowest BCUT2D eigenvalue weighted by Gasteiger charge is -2.18. The summed E-state index contributed by atoms with van der Waals surface area (Å²) in [5.41, 5.74) is 0. The van der Waals surface area contributed by atoms with E-state index in [9.17, 15) is 0 Å². The highest BCUT2D eigenvalue weighted by Crippen LogP contribution is 2.21. The van der Waals surface area contributed by atoms with Crippen molar-refractivity contribution >= 4 is 24.0 Å². The molecule has 0 aromatic carbocycles. The van der Waals surface area contributed by atoms with Crippen LogP contribution in [0, 0.1) is 5.92 Å². The molecular formula is C12H21BrOSi. The van der Waals surface area contributed by atoms with Crippen molar-refractivity contribution in [1.29, 1.82) is 0 Å². The maximum Gasteiger partial charge on any atom is 0.0532 e. The zero-order chi connectivity index (χ0) is 11.3. The van der Waals surface area contributed by atoms with Crippen molar-refractivity contribution in [2.75, 3.05) is 13.2 Å². The molecular weight excluding hydrogens is 268 g/mol. The third kappa shape index (κ3) is 6.33. The van der Waals surface area contributed by atoms with Crippen LogP contribution in [0.2, 0.25) is 25.7 Å². The van der Waals surface area contributed by atoms with E-state index in [4.69, 9.17) is 4.74 Å². The zero-order valence-electron chi connectivity index (χ0n) is 9.92. The molecule has 0 aromatic heterocycles. The lowest BCUT2D eigenvalue weighted by molar-refractivity contribution is 0.124. The van der Waals surface area contributed by atoms with Crippen molar-refractivity contribution < 1.29 is 4.74 Å². The number of hydrogen-bond donors (Lipinski definition) is 0. The Kier molecular flexibility index (Phi) is 5.30. The van der Waals surface area contributed by atoms with Gasteiger partial charge in [0, 0.05) is 25.1 Å². The molecule has 0 aliphatic heterocycles. The third-order valence-corrected chi connectivity index (χ3v) is 4.67. The minimum absolute atomic E-state index is 0.561. The van der Waals surface area contributed by atoms with Gasteiger partial charge in [-0.2, -0.15) is 0 Å². The molecule has 0 N–H and O–H groups in total. The van der Waals surface area contributed by atoms with Crippen molar-refractivity contribution in [3.63, 3.8) is 0 Å². The molecule has 0 spiro atoms. The number of halogens is 1. The predicted molar refractivity (Wildman–Crippen MR) is 73.2 cm³/mol. The maximum absolute atomic E-state index is 5.73. The van der Waals surface area contributed by atoms with Crippen LogP contribution < -0.4 is 0 Å². The molecule has 0 aromatic rings. The van der Waals surface area contributed by atoms with Crippen LogP contribution in [0.1, 0.15) is 6.42 Å². The van der Waals surface area contributed by atoms with Crippen molar-refractivity contribution in [2.45, 2.75) is 32.1 Å². The van der Waals surface area contributed by atoms with Gasteiger partial charge >= 0.3 is 0 Å².